The predicted octanol–water partition coefficient (Wildman–Crippen LogP) is 2.53. The molecule has 1 rings (SSSR count). The molecule has 0 spiro atoms. The van der Waals surface area contributed by atoms with E-state index < -0.39 is 5.67 Å². The van der Waals surface area contributed by atoms with Crippen LogP contribution in [-0.4, -0.2) is 17.4 Å². The van der Waals surface area contributed by atoms with Crippen molar-refractivity contribution in [3.05, 3.63) is 0 Å². The first-order valence-corrected chi connectivity index (χ1v) is 4.75. The van der Waals surface area contributed by atoms with Crippen LogP contribution in [0.5, 0.6) is 0 Å². The summed E-state index contributed by atoms with van der Waals surface area (Å²) in [4.78, 5) is 0. The van der Waals surface area contributed by atoms with Crippen LogP contribution in [0.2, 0.25) is 0 Å². The summed E-state index contributed by atoms with van der Waals surface area (Å²) in [6.07, 6.45) is 2.43. The average molecular weight is 174 g/mol. The summed E-state index contributed by atoms with van der Waals surface area (Å²) in [7, 11) is 0. The number of halogens is 1. The Bertz CT molecular complexity index is 171. The lowest BCUT2D eigenvalue weighted by Crippen LogP contribution is -2.31. The third kappa shape index (κ3) is 1.49. The highest BCUT2D eigenvalue weighted by Gasteiger charge is 2.49. The first kappa shape index (κ1) is 9.97. The maximum atomic E-state index is 13.9. The van der Waals surface area contributed by atoms with Crippen LogP contribution in [0.25, 0.3) is 0 Å². The smallest absolute Gasteiger partial charge is 0.137 e. The number of aliphatic hydroxyl groups is 1. The lowest BCUT2D eigenvalue weighted by atomic mass is 9.84. The van der Waals surface area contributed by atoms with E-state index in [1.54, 1.807) is 0 Å². The highest BCUT2D eigenvalue weighted by atomic mass is 19.1. The van der Waals surface area contributed by atoms with Gasteiger partial charge in [0.25, 0.3) is 0 Å². The maximum absolute atomic E-state index is 13.9. The van der Waals surface area contributed by atoms with Crippen molar-refractivity contribution in [1.82, 2.24) is 0 Å². The van der Waals surface area contributed by atoms with Crippen LogP contribution in [0.3, 0.4) is 0 Å². The van der Waals surface area contributed by atoms with Crippen molar-refractivity contribution in [2.75, 3.05) is 6.61 Å². The van der Waals surface area contributed by atoms with Crippen molar-refractivity contribution in [3.63, 3.8) is 0 Å². The minimum Gasteiger partial charge on any atom is -0.393 e. The van der Waals surface area contributed by atoms with Crippen molar-refractivity contribution in [2.24, 2.45) is 11.3 Å². The molecule has 1 aliphatic carbocycles. The van der Waals surface area contributed by atoms with Gasteiger partial charge < -0.3 is 5.11 Å². The minimum atomic E-state index is -1.31. The van der Waals surface area contributed by atoms with Crippen LogP contribution in [0.15, 0.2) is 0 Å². The molecule has 1 N–H and O–H groups in total. The highest BCUT2D eigenvalue weighted by molar-refractivity contribution is 4.99. The van der Waals surface area contributed by atoms with Gasteiger partial charge in [-0.15, -0.1) is 0 Å². The lowest BCUT2D eigenvalue weighted by molar-refractivity contribution is 0.0364. The fourth-order valence-corrected chi connectivity index (χ4v) is 2.36. The Morgan fingerprint density at radius 3 is 2.42 bits per heavy atom. The van der Waals surface area contributed by atoms with E-state index in [0.717, 1.165) is 12.8 Å². The molecule has 0 saturated heterocycles. The van der Waals surface area contributed by atoms with Gasteiger partial charge in [0.05, 0.1) is 6.61 Å². The van der Waals surface area contributed by atoms with Gasteiger partial charge in [0.2, 0.25) is 0 Å². The molecule has 0 aromatic carbocycles. The fourth-order valence-electron chi connectivity index (χ4n) is 2.36. The fraction of sp³-hybridized carbons (Fsp3) is 1.00. The first-order valence-electron chi connectivity index (χ1n) is 4.75. The van der Waals surface area contributed by atoms with Crippen molar-refractivity contribution < 1.29 is 9.50 Å². The molecule has 1 aliphatic rings. The summed E-state index contributed by atoms with van der Waals surface area (Å²) in [5.74, 6) is 0.00690. The molecular formula is C10H19FO. The van der Waals surface area contributed by atoms with E-state index >= 15 is 0 Å². The van der Waals surface area contributed by atoms with Crippen LogP contribution in [0.1, 0.15) is 40.0 Å². The van der Waals surface area contributed by atoms with Gasteiger partial charge >= 0.3 is 0 Å². The number of rotatable bonds is 2. The van der Waals surface area contributed by atoms with Gasteiger partial charge in [-0.2, -0.15) is 0 Å². The van der Waals surface area contributed by atoms with Crippen LogP contribution in [0.4, 0.5) is 4.39 Å². The summed E-state index contributed by atoms with van der Waals surface area (Å²) in [6.45, 7) is 5.79. The Morgan fingerprint density at radius 1 is 1.58 bits per heavy atom. The molecule has 0 radical (unpaired) electrons. The van der Waals surface area contributed by atoms with Crippen molar-refractivity contribution in [1.29, 1.82) is 0 Å². The molecule has 3 atom stereocenters. The molecule has 0 bridgehead atoms. The van der Waals surface area contributed by atoms with Crippen LogP contribution >= 0.6 is 0 Å². The standard InChI is InChI=1S/C10H19FO/c1-4-9(3)5-8(2)10(11,6-9)7-12/h8,12H,4-7H2,1-3H3. The molecule has 1 nitrogen and oxygen atoms in total. The molecule has 1 fully saturated rings. The van der Waals surface area contributed by atoms with Crippen molar-refractivity contribution in [3.8, 4) is 0 Å². The minimum absolute atomic E-state index is 0.00690. The SMILES string of the molecule is CCC1(C)CC(C)C(F)(CO)C1. The van der Waals surface area contributed by atoms with Crippen molar-refractivity contribution in [2.45, 2.75) is 45.7 Å². The number of aliphatic hydroxyl groups excluding tert-OH is 1. The summed E-state index contributed by atoms with van der Waals surface area (Å²) in [5, 5.41) is 8.95. The molecule has 72 valence electrons. The zero-order valence-corrected chi connectivity index (χ0v) is 8.23. The molecule has 0 aromatic heterocycles. The van der Waals surface area contributed by atoms with Gasteiger partial charge in [-0.05, 0) is 24.2 Å². The molecule has 2 heteroatoms. The second-order valence-corrected chi connectivity index (χ2v) is 4.64. The third-order valence-electron chi connectivity index (χ3n) is 3.52. The molecule has 12 heavy (non-hydrogen) atoms. The molecule has 0 aliphatic heterocycles. The van der Waals surface area contributed by atoms with E-state index in [-0.39, 0.29) is 17.9 Å². The molecule has 0 heterocycles. The summed E-state index contributed by atoms with van der Waals surface area (Å²) >= 11 is 0. The van der Waals surface area contributed by atoms with Gasteiger partial charge in [-0.25, -0.2) is 4.39 Å². The van der Waals surface area contributed by atoms with E-state index in [9.17, 15) is 4.39 Å². The Kier molecular flexibility index (Phi) is 2.48. The maximum Gasteiger partial charge on any atom is 0.137 e. The number of hydrogen-bond donors (Lipinski definition) is 1. The zero-order valence-electron chi connectivity index (χ0n) is 8.23. The monoisotopic (exact) mass is 174 g/mol. The van der Waals surface area contributed by atoms with E-state index in [2.05, 4.69) is 13.8 Å². The second-order valence-electron chi connectivity index (χ2n) is 4.64. The largest absolute Gasteiger partial charge is 0.393 e. The summed E-state index contributed by atoms with van der Waals surface area (Å²) in [5.41, 5.74) is -1.21. The van der Waals surface area contributed by atoms with Crippen LogP contribution in [-0.2, 0) is 0 Å². The topological polar surface area (TPSA) is 20.2 Å². The number of hydrogen-bond acceptors (Lipinski definition) is 1. The predicted molar refractivity (Wildman–Crippen MR) is 47.7 cm³/mol. The van der Waals surface area contributed by atoms with Crippen LogP contribution in [0, 0.1) is 11.3 Å². The van der Waals surface area contributed by atoms with E-state index in [1.807, 2.05) is 6.92 Å². The average Bonchev–Trinajstić information content (AvgIpc) is 2.25. The Morgan fingerprint density at radius 2 is 2.17 bits per heavy atom. The number of alkyl halides is 1. The van der Waals surface area contributed by atoms with Gasteiger partial charge in [0.15, 0.2) is 0 Å². The Balaban J connectivity index is 2.74. The third-order valence-corrected chi connectivity index (χ3v) is 3.52. The normalized spacial score (nSPS) is 48.2. The molecule has 3 unspecified atom stereocenters. The zero-order chi connectivity index (χ0) is 9.41. The summed E-state index contributed by atoms with van der Waals surface area (Å²) < 4.78 is 13.9. The molecular weight excluding hydrogens is 155 g/mol. The van der Waals surface area contributed by atoms with E-state index in [0.29, 0.717) is 6.42 Å². The first-order chi connectivity index (χ1) is 5.46. The van der Waals surface area contributed by atoms with Crippen molar-refractivity contribution >= 4 is 0 Å². The van der Waals surface area contributed by atoms with Gasteiger partial charge in [0.1, 0.15) is 5.67 Å². The van der Waals surface area contributed by atoms with Gasteiger partial charge in [0, 0.05) is 0 Å². The molecule has 0 aromatic rings. The quantitative estimate of drug-likeness (QED) is 0.682. The second kappa shape index (κ2) is 2.99. The molecule has 0 amide bonds. The van der Waals surface area contributed by atoms with E-state index in [1.165, 1.54) is 0 Å². The van der Waals surface area contributed by atoms with Crippen LogP contribution < -0.4 is 0 Å². The molecule has 1 saturated carbocycles. The van der Waals surface area contributed by atoms with E-state index in [4.69, 9.17) is 5.11 Å². The Hall–Kier alpha value is -0.110. The van der Waals surface area contributed by atoms with Gasteiger partial charge in [-0.3, -0.25) is 0 Å². The van der Waals surface area contributed by atoms with Gasteiger partial charge in [-0.1, -0.05) is 27.2 Å². The highest BCUT2D eigenvalue weighted by Crippen LogP contribution is 2.51. The summed E-state index contributed by atoms with van der Waals surface area (Å²) in [6, 6.07) is 0. The Labute approximate surface area is 74.0 Å². The lowest BCUT2D eigenvalue weighted by Gasteiger charge is -2.24.